The molecule has 1 aliphatic rings. The summed E-state index contributed by atoms with van der Waals surface area (Å²) in [5.74, 6) is -0.256. The number of carbonyl (C=O) groups is 1. The number of hydrogen-bond acceptors (Lipinski definition) is 4. The minimum Gasteiger partial charge on any atom is -0.376 e. The van der Waals surface area contributed by atoms with Crippen molar-refractivity contribution in [3.8, 4) is 0 Å². The van der Waals surface area contributed by atoms with E-state index in [-0.39, 0.29) is 17.2 Å². The number of anilines is 2. The van der Waals surface area contributed by atoms with Gasteiger partial charge in [-0.2, -0.15) is 4.31 Å². The SMILES string of the molecule is CN(C)c1ccc(S(=O)(=O)N2CCCCC2)cc1NC(=O)Cc1ccccc1Cl. The Hall–Kier alpha value is -2.09. The zero-order valence-corrected chi connectivity index (χ0v) is 18.3. The van der Waals surface area contributed by atoms with Gasteiger partial charge in [-0.25, -0.2) is 8.42 Å². The fraction of sp³-hybridized carbons (Fsp3) is 0.381. The third kappa shape index (κ3) is 5.10. The normalized spacial score (nSPS) is 15.1. The smallest absolute Gasteiger partial charge is 0.243 e. The molecule has 0 aliphatic carbocycles. The van der Waals surface area contributed by atoms with E-state index in [2.05, 4.69) is 5.32 Å². The molecule has 0 bridgehead atoms. The van der Waals surface area contributed by atoms with Crippen LogP contribution in [0.15, 0.2) is 47.4 Å². The molecule has 0 aromatic heterocycles. The highest BCUT2D eigenvalue weighted by Gasteiger charge is 2.27. The molecule has 8 heteroatoms. The van der Waals surface area contributed by atoms with Crippen molar-refractivity contribution in [2.24, 2.45) is 0 Å². The Labute approximate surface area is 177 Å². The van der Waals surface area contributed by atoms with Crippen molar-refractivity contribution in [3.63, 3.8) is 0 Å². The molecule has 2 aromatic rings. The van der Waals surface area contributed by atoms with Crippen LogP contribution in [0.25, 0.3) is 0 Å². The molecule has 0 saturated carbocycles. The molecule has 0 unspecified atom stereocenters. The van der Waals surface area contributed by atoms with Gasteiger partial charge in [0.15, 0.2) is 0 Å². The van der Waals surface area contributed by atoms with Crippen molar-refractivity contribution in [3.05, 3.63) is 53.1 Å². The zero-order chi connectivity index (χ0) is 21.0. The second kappa shape index (κ2) is 9.15. The van der Waals surface area contributed by atoms with Crippen molar-refractivity contribution < 1.29 is 13.2 Å². The second-order valence-electron chi connectivity index (χ2n) is 7.35. The van der Waals surface area contributed by atoms with E-state index in [4.69, 9.17) is 11.6 Å². The van der Waals surface area contributed by atoms with Crippen LogP contribution in [-0.2, 0) is 21.2 Å². The van der Waals surface area contributed by atoms with Crippen molar-refractivity contribution >= 4 is 38.9 Å². The fourth-order valence-electron chi connectivity index (χ4n) is 3.43. The van der Waals surface area contributed by atoms with E-state index in [0.29, 0.717) is 23.8 Å². The third-order valence-corrected chi connectivity index (χ3v) is 7.25. The van der Waals surface area contributed by atoms with Gasteiger partial charge >= 0.3 is 0 Å². The van der Waals surface area contributed by atoms with Crippen LogP contribution >= 0.6 is 11.6 Å². The summed E-state index contributed by atoms with van der Waals surface area (Å²) < 4.78 is 27.6. The van der Waals surface area contributed by atoms with Crippen molar-refractivity contribution in [2.45, 2.75) is 30.6 Å². The molecule has 0 atom stereocenters. The number of piperidine rings is 1. The number of sulfonamides is 1. The van der Waals surface area contributed by atoms with Crippen LogP contribution in [0.3, 0.4) is 0 Å². The van der Waals surface area contributed by atoms with Crippen LogP contribution in [0.2, 0.25) is 5.02 Å². The monoisotopic (exact) mass is 435 g/mol. The molecule has 156 valence electrons. The maximum Gasteiger partial charge on any atom is 0.243 e. The summed E-state index contributed by atoms with van der Waals surface area (Å²) >= 11 is 6.15. The highest BCUT2D eigenvalue weighted by Crippen LogP contribution is 2.30. The van der Waals surface area contributed by atoms with E-state index in [1.807, 2.05) is 31.1 Å². The van der Waals surface area contributed by atoms with Crippen molar-refractivity contribution in [2.75, 3.05) is 37.4 Å². The summed E-state index contributed by atoms with van der Waals surface area (Å²) in [6.45, 7) is 1.07. The number of halogens is 1. The Morgan fingerprint density at radius 1 is 1.10 bits per heavy atom. The van der Waals surface area contributed by atoms with Crippen LogP contribution in [0, 0.1) is 0 Å². The molecular weight excluding hydrogens is 410 g/mol. The summed E-state index contributed by atoms with van der Waals surface area (Å²) in [6, 6.07) is 12.0. The van der Waals surface area contributed by atoms with Gasteiger partial charge in [0.25, 0.3) is 0 Å². The highest BCUT2D eigenvalue weighted by atomic mass is 35.5. The molecule has 29 heavy (non-hydrogen) atoms. The molecule has 1 heterocycles. The summed E-state index contributed by atoms with van der Waals surface area (Å²) in [4.78, 5) is 14.7. The third-order valence-electron chi connectivity index (χ3n) is 4.99. The number of nitrogens with one attached hydrogen (secondary N) is 1. The summed E-state index contributed by atoms with van der Waals surface area (Å²) in [7, 11) is 0.104. The van der Waals surface area contributed by atoms with Gasteiger partial charge in [0, 0.05) is 32.2 Å². The van der Waals surface area contributed by atoms with Crippen LogP contribution in [0.5, 0.6) is 0 Å². The summed E-state index contributed by atoms with van der Waals surface area (Å²) in [5.41, 5.74) is 1.91. The topological polar surface area (TPSA) is 69.7 Å². The van der Waals surface area contributed by atoms with E-state index in [9.17, 15) is 13.2 Å². The quantitative estimate of drug-likeness (QED) is 0.749. The lowest BCUT2D eigenvalue weighted by Crippen LogP contribution is -2.35. The first-order chi connectivity index (χ1) is 13.8. The number of carbonyl (C=O) groups excluding carboxylic acids is 1. The minimum atomic E-state index is -3.59. The number of amides is 1. The molecule has 2 aromatic carbocycles. The molecule has 1 aliphatic heterocycles. The maximum atomic E-state index is 13.0. The van der Waals surface area contributed by atoms with Gasteiger partial charge in [-0.3, -0.25) is 4.79 Å². The first kappa shape index (κ1) is 21.6. The average Bonchev–Trinajstić information content (AvgIpc) is 2.70. The van der Waals surface area contributed by atoms with Gasteiger partial charge in [-0.05, 0) is 42.7 Å². The maximum absolute atomic E-state index is 13.0. The van der Waals surface area contributed by atoms with Gasteiger partial charge < -0.3 is 10.2 Å². The van der Waals surface area contributed by atoms with Crippen LogP contribution in [0.1, 0.15) is 24.8 Å². The van der Waals surface area contributed by atoms with Crippen LogP contribution in [0.4, 0.5) is 11.4 Å². The predicted molar refractivity (Wildman–Crippen MR) is 117 cm³/mol. The Morgan fingerprint density at radius 2 is 1.79 bits per heavy atom. The number of nitrogens with zero attached hydrogens (tertiary/aromatic N) is 2. The van der Waals surface area contributed by atoms with Crippen LogP contribution < -0.4 is 10.2 Å². The lowest BCUT2D eigenvalue weighted by atomic mass is 10.1. The molecule has 1 fully saturated rings. The zero-order valence-electron chi connectivity index (χ0n) is 16.7. The van der Waals surface area contributed by atoms with E-state index in [1.165, 1.54) is 4.31 Å². The first-order valence-corrected chi connectivity index (χ1v) is 11.5. The van der Waals surface area contributed by atoms with Gasteiger partial charge in [-0.15, -0.1) is 0 Å². The van der Waals surface area contributed by atoms with Gasteiger partial charge in [0.2, 0.25) is 15.9 Å². The van der Waals surface area contributed by atoms with Crippen molar-refractivity contribution in [1.82, 2.24) is 4.31 Å². The number of hydrogen-bond donors (Lipinski definition) is 1. The Bertz CT molecular complexity index is 986. The van der Waals surface area contributed by atoms with E-state index >= 15 is 0 Å². The molecule has 6 nitrogen and oxygen atoms in total. The van der Waals surface area contributed by atoms with E-state index < -0.39 is 10.0 Å². The second-order valence-corrected chi connectivity index (χ2v) is 9.70. The number of rotatable bonds is 6. The molecule has 1 N–H and O–H groups in total. The molecule has 0 spiro atoms. The molecule has 0 radical (unpaired) electrons. The van der Waals surface area contributed by atoms with Crippen LogP contribution in [-0.4, -0.2) is 45.8 Å². The van der Waals surface area contributed by atoms with Gasteiger partial charge in [-0.1, -0.05) is 36.2 Å². The Balaban J connectivity index is 1.87. The largest absolute Gasteiger partial charge is 0.376 e. The lowest BCUT2D eigenvalue weighted by molar-refractivity contribution is -0.115. The standard InChI is InChI=1S/C21H26ClN3O3S/c1-24(2)20-11-10-17(29(27,28)25-12-6-3-7-13-25)15-19(20)23-21(26)14-16-8-4-5-9-18(16)22/h4-5,8-11,15H,3,6-7,12-14H2,1-2H3,(H,23,26). The van der Waals surface area contributed by atoms with Gasteiger partial charge in [0.05, 0.1) is 22.7 Å². The fourth-order valence-corrected chi connectivity index (χ4v) is 5.18. The van der Waals surface area contributed by atoms with E-state index in [0.717, 1.165) is 30.5 Å². The highest BCUT2D eigenvalue weighted by molar-refractivity contribution is 7.89. The first-order valence-electron chi connectivity index (χ1n) is 9.64. The minimum absolute atomic E-state index is 0.107. The molecule has 1 amide bonds. The number of benzene rings is 2. The van der Waals surface area contributed by atoms with Gasteiger partial charge in [0.1, 0.15) is 0 Å². The molecule has 1 saturated heterocycles. The lowest BCUT2D eigenvalue weighted by Gasteiger charge is -2.26. The summed E-state index contributed by atoms with van der Waals surface area (Å²) in [5, 5.41) is 3.39. The Morgan fingerprint density at radius 3 is 2.45 bits per heavy atom. The summed E-state index contributed by atoms with van der Waals surface area (Å²) in [6.07, 6.45) is 2.90. The molecular formula is C21H26ClN3O3S. The Kier molecular flexibility index (Phi) is 6.82. The molecule has 3 rings (SSSR count). The predicted octanol–water partition coefficient (Wildman–Crippen LogP) is 3.76. The van der Waals surface area contributed by atoms with Crippen molar-refractivity contribution in [1.29, 1.82) is 0 Å². The average molecular weight is 436 g/mol. The van der Waals surface area contributed by atoms with E-state index in [1.54, 1.807) is 30.3 Å².